The summed E-state index contributed by atoms with van der Waals surface area (Å²) in [6.07, 6.45) is 7.70. The predicted molar refractivity (Wildman–Crippen MR) is 76.4 cm³/mol. The summed E-state index contributed by atoms with van der Waals surface area (Å²) in [4.78, 5) is 38.9. The van der Waals surface area contributed by atoms with Crippen molar-refractivity contribution < 1.29 is 14.4 Å². The first-order chi connectivity index (χ1) is 10.2. The van der Waals surface area contributed by atoms with Gasteiger partial charge in [-0.25, -0.2) is 4.79 Å². The van der Waals surface area contributed by atoms with Crippen molar-refractivity contribution in [1.82, 2.24) is 15.1 Å². The summed E-state index contributed by atoms with van der Waals surface area (Å²) in [6, 6.07) is -0.612. The molecule has 6 heteroatoms. The fourth-order valence-electron chi connectivity index (χ4n) is 3.68. The van der Waals surface area contributed by atoms with Gasteiger partial charge >= 0.3 is 6.03 Å². The van der Waals surface area contributed by atoms with Crippen LogP contribution in [-0.4, -0.2) is 53.3 Å². The Morgan fingerprint density at radius 2 is 1.86 bits per heavy atom. The highest BCUT2D eigenvalue weighted by molar-refractivity contribution is 6.06. The number of amides is 4. The number of urea groups is 1. The van der Waals surface area contributed by atoms with E-state index in [0.717, 1.165) is 30.6 Å². The highest BCUT2D eigenvalue weighted by Gasteiger charge is 2.47. The van der Waals surface area contributed by atoms with Crippen molar-refractivity contribution in [3.05, 3.63) is 0 Å². The average Bonchev–Trinajstić information content (AvgIpc) is 3.06. The van der Waals surface area contributed by atoms with Gasteiger partial charge in [0, 0.05) is 13.1 Å². The van der Waals surface area contributed by atoms with Gasteiger partial charge < -0.3 is 10.2 Å². The van der Waals surface area contributed by atoms with Crippen molar-refractivity contribution in [3.63, 3.8) is 0 Å². The van der Waals surface area contributed by atoms with Crippen LogP contribution in [0.15, 0.2) is 0 Å². The molecule has 1 saturated carbocycles. The number of hydrogen-bond donors (Lipinski definition) is 1. The number of imide groups is 1. The Bertz CT molecular complexity index is 423. The lowest BCUT2D eigenvalue weighted by molar-refractivity contribution is -0.132. The van der Waals surface area contributed by atoms with Gasteiger partial charge in [-0.1, -0.05) is 19.3 Å². The summed E-state index contributed by atoms with van der Waals surface area (Å²) < 4.78 is 0. The molecule has 1 atom stereocenters. The third-order valence-corrected chi connectivity index (χ3v) is 4.89. The molecular weight excluding hydrogens is 270 g/mol. The van der Waals surface area contributed by atoms with Crippen LogP contribution >= 0.6 is 0 Å². The molecule has 6 nitrogen and oxygen atoms in total. The van der Waals surface area contributed by atoms with Gasteiger partial charge in [0.15, 0.2) is 0 Å². The van der Waals surface area contributed by atoms with E-state index in [9.17, 15) is 14.4 Å². The molecule has 0 radical (unpaired) electrons. The lowest BCUT2D eigenvalue weighted by atomic mass is 9.89. The second-order valence-electron chi connectivity index (χ2n) is 6.37. The SMILES string of the molecule is O=C(CN1C(=O)C2CCCN2C1=O)NCC1CCCCC1. The van der Waals surface area contributed by atoms with Crippen LogP contribution in [0.3, 0.4) is 0 Å². The van der Waals surface area contributed by atoms with E-state index >= 15 is 0 Å². The first-order valence-electron chi connectivity index (χ1n) is 8.05. The van der Waals surface area contributed by atoms with Gasteiger partial charge in [0.2, 0.25) is 5.91 Å². The topological polar surface area (TPSA) is 69.7 Å². The van der Waals surface area contributed by atoms with Crippen molar-refractivity contribution in [1.29, 1.82) is 0 Å². The van der Waals surface area contributed by atoms with Crippen LogP contribution < -0.4 is 5.32 Å². The summed E-state index contributed by atoms with van der Waals surface area (Å²) in [5, 5.41) is 2.88. The van der Waals surface area contributed by atoms with E-state index in [0.29, 0.717) is 19.0 Å². The second kappa shape index (κ2) is 6.03. The van der Waals surface area contributed by atoms with Crippen molar-refractivity contribution in [3.8, 4) is 0 Å². The Kier molecular flexibility index (Phi) is 4.12. The summed E-state index contributed by atoms with van der Waals surface area (Å²) in [7, 11) is 0. The van der Waals surface area contributed by atoms with Gasteiger partial charge in [0.1, 0.15) is 12.6 Å². The van der Waals surface area contributed by atoms with Crippen molar-refractivity contribution >= 4 is 17.8 Å². The lowest BCUT2D eigenvalue weighted by Gasteiger charge is -2.22. The molecule has 0 aromatic rings. The molecule has 3 rings (SSSR count). The minimum atomic E-state index is -0.316. The third kappa shape index (κ3) is 2.89. The Morgan fingerprint density at radius 3 is 2.57 bits per heavy atom. The zero-order valence-electron chi connectivity index (χ0n) is 12.3. The monoisotopic (exact) mass is 293 g/mol. The number of fused-ring (bicyclic) bond motifs is 1. The second-order valence-corrected chi connectivity index (χ2v) is 6.37. The number of rotatable bonds is 4. The number of hydrogen-bond acceptors (Lipinski definition) is 3. The van der Waals surface area contributed by atoms with E-state index in [2.05, 4.69) is 5.32 Å². The highest BCUT2D eigenvalue weighted by Crippen LogP contribution is 2.27. The summed E-state index contributed by atoms with van der Waals surface area (Å²) in [6.45, 7) is 1.18. The molecule has 3 fully saturated rings. The minimum absolute atomic E-state index is 0.128. The zero-order chi connectivity index (χ0) is 14.8. The van der Waals surface area contributed by atoms with Gasteiger partial charge in [-0.15, -0.1) is 0 Å². The molecule has 2 aliphatic heterocycles. The quantitative estimate of drug-likeness (QED) is 0.789. The Morgan fingerprint density at radius 1 is 1.10 bits per heavy atom. The average molecular weight is 293 g/mol. The van der Waals surface area contributed by atoms with Crippen molar-refractivity contribution in [2.24, 2.45) is 5.92 Å². The van der Waals surface area contributed by atoms with Crippen LogP contribution in [-0.2, 0) is 9.59 Å². The Hall–Kier alpha value is -1.59. The first-order valence-corrected chi connectivity index (χ1v) is 8.05. The predicted octanol–water partition coefficient (Wildman–Crippen LogP) is 1.11. The molecule has 0 bridgehead atoms. The van der Waals surface area contributed by atoms with Crippen LogP contribution in [0.5, 0.6) is 0 Å². The maximum absolute atomic E-state index is 12.1. The summed E-state index contributed by atoms with van der Waals surface area (Å²) in [5.74, 6) is 0.129. The lowest BCUT2D eigenvalue weighted by Crippen LogP contribution is -2.43. The van der Waals surface area contributed by atoms with E-state index in [1.165, 1.54) is 19.3 Å². The molecule has 2 heterocycles. The molecule has 1 aliphatic carbocycles. The van der Waals surface area contributed by atoms with Crippen LogP contribution in [0.25, 0.3) is 0 Å². The Labute approximate surface area is 124 Å². The van der Waals surface area contributed by atoms with Crippen LogP contribution in [0.2, 0.25) is 0 Å². The molecule has 1 N–H and O–H groups in total. The molecule has 0 aromatic carbocycles. The summed E-state index contributed by atoms with van der Waals surface area (Å²) >= 11 is 0. The van der Waals surface area contributed by atoms with E-state index in [4.69, 9.17) is 0 Å². The normalized spacial score (nSPS) is 26.4. The zero-order valence-corrected chi connectivity index (χ0v) is 12.3. The fourth-order valence-corrected chi connectivity index (χ4v) is 3.68. The molecule has 4 amide bonds. The summed E-state index contributed by atoms with van der Waals surface area (Å²) in [5.41, 5.74) is 0. The van der Waals surface area contributed by atoms with Crippen LogP contribution in [0.4, 0.5) is 4.79 Å². The Balaban J connectivity index is 1.48. The molecule has 21 heavy (non-hydrogen) atoms. The highest BCUT2D eigenvalue weighted by atomic mass is 16.2. The number of nitrogens with zero attached hydrogens (tertiary/aromatic N) is 2. The minimum Gasteiger partial charge on any atom is -0.354 e. The van der Waals surface area contributed by atoms with Crippen molar-refractivity contribution in [2.45, 2.75) is 51.0 Å². The molecule has 3 aliphatic rings. The van der Waals surface area contributed by atoms with E-state index < -0.39 is 0 Å². The molecule has 0 spiro atoms. The molecule has 2 saturated heterocycles. The van der Waals surface area contributed by atoms with Crippen LogP contribution in [0.1, 0.15) is 44.9 Å². The maximum Gasteiger partial charge on any atom is 0.327 e. The molecular formula is C15H23N3O3. The van der Waals surface area contributed by atoms with E-state index in [1.54, 1.807) is 4.90 Å². The smallest absolute Gasteiger partial charge is 0.327 e. The van der Waals surface area contributed by atoms with E-state index in [-0.39, 0.29) is 30.4 Å². The van der Waals surface area contributed by atoms with Gasteiger partial charge in [-0.05, 0) is 31.6 Å². The molecule has 1 unspecified atom stereocenters. The number of carbonyl (C=O) groups is 3. The van der Waals surface area contributed by atoms with E-state index in [1.807, 2.05) is 0 Å². The van der Waals surface area contributed by atoms with Gasteiger partial charge in [0.25, 0.3) is 5.91 Å². The van der Waals surface area contributed by atoms with Crippen LogP contribution in [0, 0.1) is 5.92 Å². The largest absolute Gasteiger partial charge is 0.354 e. The third-order valence-electron chi connectivity index (χ3n) is 4.89. The van der Waals surface area contributed by atoms with Crippen molar-refractivity contribution in [2.75, 3.05) is 19.6 Å². The standard InChI is InChI=1S/C15H23N3O3/c19-13(16-9-11-5-2-1-3-6-11)10-18-14(20)12-7-4-8-17(12)15(18)21/h11-12H,1-10H2,(H,16,19). The number of nitrogens with one attached hydrogen (secondary N) is 1. The van der Waals surface area contributed by atoms with Gasteiger partial charge in [0.05, 0.1) is 0 Å². The fraction of sp³-hybridized carbons (Fsp3) is 0.800. The van der Waals surface area contributed by atoms with Gasteiger partial charge in [-0.3, -0.25) is 14.5 Å². The first kappa shape index (κ1) is 14.4. The molecule has 0 aromatic heterocycles. The molecule has 116 valence electrons. The maximum atomic E-state index is 12.1. The number of carbonyl (C=O) groups excluding carboxylic acids is 3. The van der Waals surface area contributed by atoms with Gasteiger partial charge in [-0.2, -0.15) is 0 Å².